The summed E-state index contributed by atoms with van der Waals surface area (Å²) in [4.78, 5) is 13.9. The molecule has 1 aliphatic heterocycles. The average Bonchev–Trinajstić information content (AvgIpc) is 3.01. The van der Waals surface area contributed by atoms with Crippen LogP contribution in [0.15, 0.2) is 23.6 Å². The van der Waals surface area contributed by atoms with Gasteiger partial charge in [0.2, 0.25) is 0 Å². The van der Waals surface area contributed by atoms with Crippen LogP contribution in [-0.2, 0) is 19.5 Å². The zero-order chi connectivity index (χ0) is 16.4. The van der Waals surface area contributed by atoms with E-state index in [9.17, 15) is 9.90 Å². The first kappa shape index (κ1) is 15.8. The quantitative estimate of drug-likeness (QED) is 0.911. The normalized spacial score (nSPS) is 14.3. The van der Waals surface area contributed by atoms with Gasteiger partial charge in [0.05, 0.1) is 14.2 Å². The highest BCUT2D eigenvalue weighted by Gasteiger charge is 2.21. The molecule has 0 spiro atoms. The summed E-state index contributed by atoms with van der Waals surface area (Å²) in [6, 6.07) is 5.96. The predicted molar refractivity (Wildman–Crippen MR) is 88.6 cm³/mol. The molecule has 0 saturated heterocycles. The van der Waals surface area contributed by atoms with Crippen LogP contribution in [0.2, 0.25) is 0 Å². The predicted octanol–water partition coefficient (Wildman–Crippen LogP) is 3.02. The summed E-state index contributed by atoms with van der Waals surface area (Å²) >= 11 is 1.28. The second kappa shape index (κ2) is 6.60. The van der Waals surface area contributed by atoms with E-state index in [2.05, 4.69) is 4.90 Å². The smallest absolute Gasteiger partial charge is 0.346 e. The van der Waals surface area contributed by atoms with Crippen molar-refractivity contribution in [2.24, 2.45) is 0 Å². The van der Waals surface area contributed by atoms with Crippen LogP contribution in [0, 0.1) is 0 Å². The van der Waals surface area contributed by atoms with E-state index in [1.54, 1.807) is 14.2 Å². The van der Waals surface area contributed by atoms with E-state index in [1.807, 2.05) is 23.6 Å². The molecule has 0 unspecified atom stereocenters. The van der Waals surface area contributed by atoms with E-state index in [-0.39, 0.29) is 0 Å². The van der Waals surface area contributed by atoms with Gasteiger partial charge < -0.3 is 14.6 Å². The van der Waals surface area contributed by atoms with Crippen molar-refractivity contribution in [3.05, 3.63) is 45.1 Å². The van der Waals surface area contributed by atoms with Gasteiger partial charge in [-0.3, -0.25) is 4.90 Å². The third-order valence-electron chi connectivity index (χ3n) is 4.13. The Kier molecular flexibility index (Phi) is 4.54. The molecule has 2 heterocycles. The zero-order valence-corrected chi connectivity index (χ0v) is 14.0. The standard InChI is InChI=1S/C17H19NO4S/c1-21-14-7-11-3-5-18(10-13(11)8-15(14)22-2)9-12-4-6-23-16(12)17(19)20/h4,6-8H,3,5,9-10H2,1-2H3,(H,19,20). The third kappa shape index (κ3) is 3.18. The number of hydrogen-bond acceptors (Lipinski definition) is 5. The molecule has 0 atom stereocenters. The fraction of sp³-hybridized carbons (Fsp3) is 0.353. The lowest BCUT2D eigenvalue weighted by atomic mass is 9.98. The number of carboxylic acid groups (broad SMARTS) is 1. The van der Waals surface area contributed by atoms with Crippen LogP contribution < -0.4 is 9.47 Å². The lowest BCUT2D eigenvalue weighted by Gasteiger charge is -2.29. The average molecular weight is 333 g/mol. The molecule has 122 valence electrons. The number of carbonyl (C=O) groups is 1. The van der Waals surface area contributed by atoms with E-state index in [4.69, 9.17) is 9.47 Å². The lowest BCUT2D eigenvalue weighted by molar-refractivity contribution is 0.0700. The molecule has 0 fully saturated rings. The summed E-state index contributed by atoms with van der Waals surface area (Å²) in [5.74, 6) is 0.638. The van der Waals surface area contributed by atoms with Gasteiger partial charge in [-0.15, -0.1) is 11.3 Å². The Morgan fingerprint density at radius 2 is 1.96 bits per heavy atom. The van der Waals surface area contributed by atoms with Crippen molar-refractivity contribution in [3.63, 3.8) is 0 Å². The molecule has 5 nitrogen and oxygen atoms in total. The van der Waals surface area contributed by atoms with Crippen LogP contribution in [0.25, 0.3) is 0 Å². The van der Waals surface area contributed by atoms with Crippen LogP contribution >= 0.6 is 11.3 Å². The third-order valence-corrected chi connectivity index (χ3v) is 5.08. The monoisotopic (exact) mass is 333 g/mol. The van der Waals surface area contributed by atoms with Crippen molar-refractivity contribution in [2.45, 2.75) is 19.5 Å². The minimum Gasteiger partial charge on any atom is -0.493 e. The van der Waals surface area contributed by atoms with Gasteiger partial charge in [-0.2, -0.15) is 0 Å². The first-order valence-electron chi connectivity index (χ1n) is 7.38. The molecule has 0 amide bonds. The Bertz CT molecular complexity index is 725. The van der Waals surface area contributed by atoms with E-state index in [0.717, 1.165) is 36.6 Å². The number of carboxylic acids is 1. The Hall–Kier alpha value is -2.05. The fourth-order valence-corrected chi connectivity index (χ4v) is 3.72. The molecule has 1 aliphatic rings. The molecule has 3 rings (SSSR count). The van der Waals surface area contributed by atoms with Crippen molar-refractivity contribution in [1.82, 2.24) is 4.90 Å². The molecule has 1 N–H and O–H groups in total. The maximum atomic E-state index is 11.2. The van der Waals surface area contributed by atoms with Gasteiger partial charge >= 0.3 is 5.97 Å². The number of benzene rings is 1. The molecular formula is C17H19NO4S. The van der Waals surface area contributed by atoms with E-state index in [0.29, 0.717) is 11.4 Å². The maximum absolute atomic E-state index is 11.2. The minimum atomic E-state index is -0.848. The maximum Gasteiger partial charge on any atom is 0.346 e. The molecule has 2 aromatic rings. The highest BCUT2D eigenvalue weighted by Crippen LogP contribution is 2.33. The SMILES string of the molecule is COc1cc2c(cc1OC)CN(Cc1ccsc1C(=O)O)CC2. The van der Waals surface area contributed by atoms with Crippen LogP contribution in [0.1, 0.15) is 26.4 Å². The molecule has 0 radical (unpaired) electrons. The molecule has 23 heavy (non-hydrogen) atoms. The van der Waals surface area contributed by atoms with Gasteiger partial charge in [0.25, 0.3) is 0 Å². The van der Waals surface area contributed by atoms with E-state index < -0.39 is 5.97 Å². The molecule has 6 heteroatoms. The van der Waals surface area contributed by atoms with Crippen LogP contribution in [0.5, 0.6) is 11.5 Å². The summed E-state index contributed by atoms with van der Waals surface area (Å²) in [7, 11) is 3.28. The van der Waals surface area contributed by atoms with Gasteiger partial charge in [-0.1, -0.05) is 0 Å². The van der Waals surface area contributed by atoms with Gasteiger partial charge in [0, 0.05) is 19.6 Å². The van der Waals surface area contributed by atoms with Crippen molar-refractivity contribution in [3.8, 4) is 11.5 Å². The van der Waals surface area contributed by atoms with Gasteiger partial charge in [-0.25, -0.2) is 4.79 Å². The Morgan fingerprint density at radius 1 is 1.26 bits per heavy atom. The summed E-state index contributed by atoms with van der Waals surface area (Å²) in [6.07, 6.45) is 0.919. The highest BCUT2D eigenvalue weighted by molar-refractivity contribution is 7.12. The first-order chi connectivity index (χ1) is 11.1. The summed E-state index contributed by atoms with van der Waals surface area (Å²) in [6.45, 7) is 2.33. The summed E-state index contributed by atoms with van der Waals surface area (Å²) < 4.78 is 10.7. The zero-order valence-electron chi connectivity index (χ0n) is 13.2. The van der Waals surface area contributed by atoms with Gasteiger partial charge in [0.1, 0.15) is 4.88 Å². The number of fused-ring (bicyclic) bond motifs is 1. The second-order valence-electron chi connectivity index (χ2n) is 5.52. The number of thiophene rings is 1. The largest absolute Gasteiger partial charge is 0.493 e. The molecule has 0 bridgehead atoms. The Morgan fingerprint density at radius 3 is 2.61 bits per heavy atom. The number of rotatable bonds is 5. The van der Waals surface area contributed by atoms with Crippen molar-refractivity contribution in [2.75, 3.05) is 20.8 Å². The van der Waals surface area contributed by atoms with E-state index >= 15 is 0 Å². The first-order valence-corrected chi connectivity index (χ1v) is 8.26. The number of methoxy groups -OCH3 is 2. The molecule has 0 saturated carbocycles. The fourth-order valence-electron chi connectivity index (χ4n) is 2.97. The highest BCUT2D eigenvalue weighted by atomic mass is 32.1. The molecule has 0 aliphatic carbocycles. The topological polar surface area (TPSA) is 59.0 Å². The van der Waals surface area contributed by atoms with Crippen LogP contribution in [0.3, 0.4) is 0 Å². The number of hydrogen-bond donors (Lipinski definition) is 1. The molecular weight excluding hydrogens is 314 g/mol. The van der Waals surface area contributed by atoms with Crippen molar-refractivity contribution >= 4 is 17.3 Å². The Balaban J connectivity index is 1.80. The lowest BCUT2D eigenvalue weighted by Crippen LogP contribution is -2.30. The second-order valence-corrected chi connectivity index (χ2v) is 6.43. The minimum absolute atomic E-state index is 0.433. The summed E-state index contributed by atoms with van der Waals surface area (Å²) in [5.41, 5.74) is 3.36. The summed E-state index contributed by atoms with van der Waals surface area (Å²) in [5, 5.41) is 11.1. The molecule has 1 aromatic carbocycles. The number of ether oxygens (including phenoxy) is 2. The van der Waals surface area contributed by atoms with Crippen LogP contribution in [0.4, 0.5) is 0 Å². The van der Waals surface area contributed by atoms with Crippen molar-refractivity contribution in [1.29, 1.82) is 0 Å². The number of nitrogens with zero attached hydrogens (tertiary/aromatic N) is 1. The van der Waals surface area contributed by atoms with E-state index in [1.165, 1.54) is 22.5 Å². The van der Waals surface area contributed by atoms with Crippen molar-refractivity contribution < 1.29 is 19.4 Å². The Labute approximate surface area is 139 Å². The van der Waals surface area contributed by atoms with Gasteiger partial charge in [0.15, 0.2) is 11.5 Å². The van der Waals surface area contributed by atoms with Crippen LogP contribution in [-0.4, -0.2) is 36.7 Å². The van der Waals surface area contributed by atoms with Gasteiger partial charge in [-0.05, 0) is 46.7 Å². The number of aromatic carboxylic acids is 1. The molecule has 1 aromatic heterocycles.